The fourth-order valence-electron chi connectivity index (χ4n) is 2.62. The van der Waals surface area contributed by atoms with Crippen molar-refractivity contribution in [3.05, 3.63) is 21.4 Å². The average Bonchev–Trinajstić information content (AvgIpc) is 2.68. The first kappa shape index (κ1) is 12.1. The second-order valence-electron chi connectivity index (χ2n) is 5.08. The van der Waals surface area contributed by atoms with Gasteiger partial charge in [-0.05, 0) is 54.1 Å². The van der Waals surface area contributed by atoms with Crippen LogP contribution in [0.15, 0.2) is 5.38 Å². The predicted octanol–water partition coefficient (Wildman–Crippen LogP) is 3.93. The zero-order chi connectivity index (χ0) is 11.5. The van der Waals surface area contributed by atoms with E-state index in [2.05, 4.69) is 31.5 Å². The fourth-order valence-corrected chi connectivity index (χ4v) is 3.79. The molecule has 1 nitrogen and oxygen atoms in total. The normalized spacial score (nSPS) is 24.4. The quantitative estimate of drug-likeness (QED) is 0.782. The van der Waals surface area contributed by atoms with Gasteiger partial charge in [0.25, 0.3) is 0 Å². The second-order valence-corrected chi connectivity index (χ2v) is 6.04. The Morgan fingerprint density at radius 2 is 2.25 bits per heavy atom. The van der Waals surface area contributed by atoms with Crippen molar-refractivity contribution in [2.75, 3.05) is 6.54 Å². The third-order valence-electron chi connectivity index (χ3n) is 3.87. The smallest absolute Gasteiger partial charge is 0.0216 e. The Bertz CT molecular complexity index is 343. The second kappa shape index (κ2) is 5.33. The van der Waals surface area contributed by atoms with E-state index in [1.165, 1.54) is 19.3 Å². The van der Waals surface area contributed by atoms with Crippen LogP contribution in [0, 0.1) is 5.92 Å². The van der Waals surface area contributed by atoms with Crippen LogP contribution in [0.3, 0.4) is 0 Å². The molecule has 0 spiro atoms. The summed E-state index contributed by atoms with van der Waals surface area (Å²) >= 11 is 1.98. The summed E-state index contributed by atoms with van der Waals surface area (Å²) in [5.41, 5.74) is 3.24. The third-order valence-corrected chi connectivity index (χ3v) is 4.98. The molecule has 0 amide bonds. The highest BCUT2D eigenvalue weighted by Crippen LogP contribution is 2.40. The van der Waals surface area contributed by atoms with Crippen molar-refractivity contribution in [1.82, 2.24) is 5.32 Å². The van der Waals surface area contributed by atoms with Crippen LogP contribution in [0.1, 0.15) is 55.5 Å². The molecule has 0 saturated heterocycles. The Labute approximate surface area is 103 Å². The Morgan fingerprint density at radius 1 is 1.44 bits per heavy atom. The van der Waals surface area contributed by atoms with Crippen LogP contribution in [0.4, 0.5) is 0 Å². The molecule has 2 atom stereocenters. The summed E-state index contributed by atoms with van der Waals surface area (Å²) in [6, 6.07) is 0. The number of rotatable bonds is 4. The van der Waals surface area contributed by atoms with E-state index < -0.39 is 0 Å². The summed E-state index contributed by atoms with van der Waals surface area (Å²) in [5.74, 6) is 1.61. The van der Waals surface area contributed by atoms with E-state index in [4.69, 9.17) is 0 Å². The van der Waals surface area contributed by atoms with E-state index in [9.17, 15) is 0 Å². The molecule has 90 valence electrons. The molecule has 1 aromatic heterocycles. The number of nitrogens with one attached hydrogen (secondary N) is 1. The maximum atomic E-state index is 3.53. The van der Waals surface area contributed by atoms with E-state index in [1.54, 1.807) is 16.0 Å². The van der Waals surface area contributed by atoms with E-state index in [1.807, 2.05) is 11.3 Å². The van der Waals surface area contributed by atoms with Gasteiger partial charge in [0.15, 0.2) is 0 Å². The Kier molecular flexibility index (Phi) is 4.04. The minimum Gasteiger partial charge on any atom is -0.313 e. The van der Waals surface area contributed by atoms with E-state index in [0.717, 1.165) is 24.9 Å². The molecule has 0 radical (unpaired) electrons. The predicted molar refractivity (Wildman–Crippen MR) is 72.2 cm³/mol. The van der Waals surface area contributed by atoms with Crippen molar-refractivity contribution < 1.29 is 0 Å². The standard InChI is InChI=1S/C14H23NS/c1-4-7-15-8-12-9-16-13-6-5-10(2)11(3)14(12)13/h9-11,15H,4-8H2,1-3H3. The zero-order valence-electron chi connectivity index (χ0n) is 10.7. The minimum atomic E-state index is 0.758. The zero-order valence-corrected chi connectivity index (χ0v) is 11.5. The first-order valence-electron chi connectivity index (χ1n) is 6.53. The number of fused-ring (bicyclic) bond motifs is 1. The molecule has 0 fully saturated rings. The average molecular weight is 237 g/mol. The molecule has 1 aromatic rings. The summed E-state index contributed by atoms with van der Waals surface area (Å²) in [6.07, 6.45) is 3.90. The fraction of sp³-hybridized carbons (Fsp3) is 0.714. The molecule has 2 heteroatoms. The largest absolute Gasteiger partial charge is 0.313 e. The molecule has 1 heterocycles. The third kappa shape index (κ3) is 2.33. The lowest BCUT2D eigenvalue weighted by Crippen LogP contribution is -2.19. The van der Waals surface area contributed by atoms with Gasteiger partial charge in [0.1, 0.15) is 0 Å². The van der Waals surface area contributed by atoms with E-state index >= 15 is 0 Å². The van der Waals surface area contributed by atoms with E-state index in [0.29, 0.717) is 0 Å². The maximum absolute atomic E-state index is 3.53. The van der Waals surface area contributed by atoms with Crippen LogP contribution in [-0.4, -0.2) is 6.54 Å². The summed E-state index contributed by atoms with van der Waals surface area (Å²) in [7, 11) is 0. The molecular formula is C14H23NS. The van der Waals surface area contributed by atoms with Gasteiger partial charge in [-0.2, -0.15) is 0 Å². The van der Waals surface area contributed by atoms with E-state index in [-0.39, 0.29) is 0 Å². The van der Waals surface area contributed by atoms with Crippen molar-refractivity contribution in [3.63, 3.8) is 0 Å². The molecule has 1 N–H and O–H groups in total. The van der Waals surface area contributed by atoms with Crippen LogP contribution >= 0.6 is 11.3 Å². The van der Waals surface area contributed by atoms with Gasteiger partial charge in [0.05, 0.1) is 0 Å². The molecular weight excluding hydrogens is 214 g/mol. The van der Waals surface area contributed by atoms with Gasteiger partial charge >= 0.3 is 0 Å². The lowest BCUT2D eigenvalue weighted by molar-refractivity contribution is 0.427. The van der Waals surface area contributed by atoms with Gasteiger partial charge in [0.2, 0.25) is 0 Å². The van der Waals surface area contributed by atoms with Gasteiger partial charge in [0, 0.05) is 11.4 Å². The molecule has 0 bridgehead atoms. The maximum Gasteiger partial charge on any atom is 0.0216 e. The molecule has 1 aliphatic rings. The SMILES string of the molecule is CCCNCc1csc2c1C(C)C(C)CC2. The number of aryl methyl sites for hydroxylation is 1. The highest BCUT2D eigenvalue weighted by molar-refractivity contribution is 7.10. The Morgan fingerprint density at radius 3 is 3.00 bits per heavy atom. The molecule has 0 aliphatic heterocycles. The molecule has 0 saturated carbocycles. The van der Waals surface area contributed by atoms with Crippen molar-refractivity contribution in [2.45, 2.75) is 52.5 Å². The van der Waals surface area contributed by atoms with Gasteiger partial charge in [-0.3, -0.25) is 0 Å². The van der Waals surface area contributed by atoms with Crippen molar-refractivity contribution in [3.8, 4) is 0 Å². The summed E-state index contributed by atoms with van der Waals surface area (Å²) < 4.78 is 0. The summed E-state index contributed by atoms with van der Waals surface area (Å²) in [4.78, 5) is 1.65. The van der Waals surface area contributed by atoms with Crippen molar-refractivity contribution >= 4 is 11.3 Å². The molecule has 0 aromatic carbocycles. The number of hydrogen-bond acceptors (Lipinski definition) is 2. The molecule has 2 rings (SSSR count). The topological polar surface area (TPSA) is 12.0 Å². The monoisotopic (exact) mass is 237 g/mol. The lowest BCUT2D eigenvalue weighted by Gasteiger charge is -2.27. The Hall–Kier alpha value is -0.340. The van der Waals surface area contributed by atoms with Crippen molar-refractivity contribution in [2.24, 2.45) is 5.92 Å². The van der Waals surface area contributed by atoms with Gasteiger partial charge in [-0.1, -0.05) is 20.8 Å². The van der Waals surface area contributed by atoms with Gasteiger partial charge in [-0.15, -0.1) is 11.3 Å². The highest BCUT2D eigenvalue weighted by Gasteiger charge is 2.26. The number of thiophene rings is 1. The first-order chi connectivity index (χ1) is 7.74. The minimum absolute atomic E-state index is 0.758. The van der Waals surface area contributed by atoms with Crippen LogP contribution in [0.2, 0.25) is 0 Å². The lowest BCUT2D eigenvalue weighted by atomic mass is 9.79. The van der Waals surface area contributed by atoms with Crippen molar-refractivity contribution in [1.29, 1.82) is 0 Å². The first-order valence-corrected chi connectivity index (χ1v) is 7.41. The van der Waals surface area contributed by atoms with Gasteiger partial charge < -0.3 is 5.32 Å². The van der Waals surface area contributed by atoms with Crippen LogP contribution in [0.5, 0.6) is 0 Å². The van der Waals surface area contributed by atoms with Crippen LogP contribution in [0.25, 0.3) is 0 Å². The molecule has 2 unspecified atom stereocenters. The number of hydrogen-bond donors (Lipinski definition) is 1. The van der Waals surface area contributed by atoms with Crippen LogP contribution in [-0.2, 0) is 13.0 Å². The highest BCUT2D eigenvalue weighted by atomic mass is 32.1. The van der Waals surface area contributed by atoms with Gasteiger partial charge in [-0.25, -0.2) is 0 Å². The summed E-state index contributed by atoms with van der Waals surface area (Å²) in [5, 5.41) is 5.91. The molecule has 1 aliphatic carbocycles. The van der Waals surface area contributed by atoms with Crippen LogP contribution < -0.4 is 5.32 Å². The molecule has 16 heavy (non-hydrogen) atoms. The Balaban J connectivity index is 2.12. The summed E-state index contributed by atoms with van der Waals surface area (Å²) in [6.45, 7) is 9.22.